The van der Waals surface area contributed by atoms with Gasteiger partial charge in [0.05, 0.1) is 26.2 Å². The summed E-state index contributed by atoms with van der Waals surface area (Å²) < 4.78 is 0. The molecule has 9 nitrogen and oxygen atoms in total. The maximum Gasteiger partial charge on any atom is 0.242 e. The molecule has 0 saturated carbocycles. The van der Waals surface area contributed by atoms with Gasteiger partial charge in [0.1, 0.15) is 0 Å². The minimum absolute atomic E-state index is 0.00747. The summed E-state index contributed by atoms with van der Waals surface area (Å²) in [5.41, 5.74) is 0. The Balaban J connectivity index is 4.47. The highest BCUT2D eigenvalue weighted by Crippen LogP contribution is 1.99. The van der Waals surface area contributed by atoms with Gasteiger partial charge in [-0.1, -0.05) is 27.7 Å². The number of likely N-dealkylation sites (N-methyl/N-ethyl adjacent to an activating group) is 3. The van der Waals surface area contributed by atoms with Crippen LogP contribution < -0.4 is 5.32 Å². The monoisotopic (exact) mass is 384 g/mol. The third-order valence-corrected chi connectivity index (χ3v) is 4.00. The minimum atomic E-state index is -0.419. The van der Waals surface area contributed by atoms with Crippen molar-refractivity contribution in [3.63, 3.8) is 0 Å². The zero-order valence-corrected chi connectivity index (χ0v) is 17.4. The van der Waals surface area contributed by atoms with E-state index in [1.165, 1.54) is 35.8 Å². The highest BCUT2D eigenvalue weighted by molar-refractivity contribution is 5.91. The van der Waals surface area contributed by atoms with Crippen LogP contribution in [0.3, 0.4) is 0 Å². The molecular weight excluding hydrogens is 352 g/mol. The van der Waals surface area contributed by atoms with E-state index >= 15 is 0 Å². The Morgan fingerprint density at radius 3 is 1.48 bits per heavy atom. The van der Waals surface area contributed by atoms with Gasteiger partial charge in [0, 0.05) is 33.0 Å². The van der Waals surface area contributed by atoms with Crippen molar-refractivity contribution in [3.8, 4) is 0 Å². The topological polar surface area (TPSA) is 107 Å². The van der Waals surface area contributed by atoms with E-state index in [1.807, 2.05) is 0 Å². The lowest BCUT2D eigenvalue weighted by Crippen LogP contribution is -2.47. The molecule has 0 bridgehead atoms. The van der Waals surface area contributed by atoms with Crippen molar-refractivity contribution in [2.75, 3.05) is 47.3 Å². The third kappa shape index (κ3) is 9.16. The Hall–Kier alpha value is -2.45. The number of carbonyl (C=O) groups is 5. The van der Waals surface area contributed by atoms with Crippen LogP contribution in [-0.4, -0.2) is 91.4 Å². The molecule has 0 heterocycles. The molecule has 0 unspecified atom stereocenters. The second-order valence-corrected chi connectivity index (χ2v) is 7.24. The first-order valence-electron chi connectivity index (χ1n) is 8.89. The summed E-state index contributed by atoms with van der Waals surface area (Å²) in [7, 11) is 4.41. The van der Waals surface area contributed by atoms with Crippen molar-refractivity contribution >= 4 is 29.4 Å². The van der Waals surface area contributed by atoms with Crippen LogP contribution >= 0.6 is 0 Å². The van der Waals surface area contributed by atoms with Crippen LogP contribution in [0.5, 0.6) is 0 Å². The summed E-state index contributed by atoms with van der Waals surface area (Å²) in [5, 5.41) is 2.49. The molecule has 0 saturated heterocycles. The summed E-state index contributed by atoms with van der Waals surface area (Å²) >= 11 is 0. The molecule has 0 spiro atoms. The van der Waals surface area contributed by atoms with Gasteiger partial charge < -0.3 is 20.0 Å². The van der Waals surface area contributed by atoms with Gasteiger partial charge in [0.25, 0.3) is 0 Å². The molecule has 0 aromatic rings. The molecule has 0 atom stereocenters. The van der Waals surface area contributed by atoms with Gasteiger partial charge in [-0.05, 0) is 0 Å². The molecular formula is C18H32N4O5. The molecule has 0 aliphatic rings. The maximum atomic E-state index is 12.2. The number of ketones is 1. The summed E-state index contributed by atoms with van der Waals surface area (Å²) in [6, 6.07) is 0. The lowest BCUT2D eigenvalue weighted by Gasteiger charge is -2.24. The molecule has 0 rings (SSSR count). The quantitative estimate of drug-likeness (QED) is 0.539. The lowest BCUT2D eigenvalue weighted by molar-refractivity contribution is -0.143. The van der Waals surface area contributed by atoms with E-state index in [2.05, 4.69) is 5.32 Å². The Kier molecular flexibility index (Phi) is 10.3. The molecule has 1 N–H and O–H groups in total. The van der Waals surface area contributed by atoms with Gasteiger partial charge in [-0.15, -0.1) is 0 Å². The molecule has 27 heavy (non-hydrogen) atoms. The number of carbonyl (C=O) groups excluding carboxylic acids is 5. The Labute approximate surface area is 161 Å². The Morgan fingerprint density at radius 2 is 1.07 bits per heavy atom. The van der Waals surface area contributed by atoms with Crippen LogP contribution in [0.25, 0.3) is 0 Å². The molecule has 0 aromatic heterocycles. The van der Waals surface area contributed by atoms with Crippen molar-refractivity contribution in [2.24, 2.45) is 11.8 Å². The van der Waals surface area contributed by atoms with Crippen LogP contribution in [0.15, 0.2) is 0 Å². The number of Topliss-reactive ketones (excluding diaryl/α,β-unsaturated/α-hetero) is 1. The van der Waals surface area contributed by atoms with Gasteiger partial charge in [-0.3, -0.25) is 24.0 Å². The van der Waals surface area contributed by atoms with Gasteiger partial charge in [-0.25, -0.2) is 0 Å². The number of hydrogen-bond acceptors (Lipinski definition) is 5. The fourth-order valence-electron chi connectivity index (χ4n) is 1.83. The molecule has 0 aromatic carbocycles. The van der Waals surface area contributed by atoms with E-state index in [0.717, 1.165) is 0 Å². The van der Waals surface area contributed by atoms with E-state index in [4.69, 9.17) is 0 Å². The number of amides is 4. The van der Waals surface area contributed by atoms with Crippen LogP contribution in [0, 0.1) is 11.8 Å². The zero-order chi connectivity index (χ0) is 21.3. The fourth-order valence-corrected chi connectivity index (χ4v) is 1.83. The van der Waals surface area contributed by atoms with E-state index < -0.39 is 11.8 Å². The number of nitrogens with one attached hydrogen (secondary N) is 1. The second-order valence-electron chi connectivity index (χ2n) is 7.24. The van der Waals surface area contributed by atoms with E-state index in [9.17, 15) is 24.0 Å². The highest BCUT2D eigenvalue weighted by Gasteiger charge is 2.21. The molecule has 0 aliphatic carbocycles. The highest BCUT2D eigenvalue weighted by atomic mass is 16.2. The molecule has 0 radical (unpaired) electrons. The van der Waals surface area contributed by atoms with Crippen LogP contribution in [0.1, 0.15) is 27.7 Å². The van der Waals surface area contributed by atoms with Gasteiger partial charge in [0.15, 0.2) is 5.78 Å². The second kappa shape index (κ2) is 11.3. The summed E-state index contributed by atoms with van der Waals surface area (Å²) in [6.07, 6.45) is 0. The molecule has 154 valence electrons. The van der Waals surface area contributed by atoms with Crippen molar-refractivity contribution in [1.82, 2.24) is 20.0 Å². The van der Waals surface area contributed by atoms with Gasteiger partial charge >= 0.3 is 0 Å². The summed E-state index contributed by atoms with van der Waals surface area (Å²) in [6.45, 7) is 6.34. The van der Waals surface area contributed by atoms with Crippen LogP contribution in [-0.2, 0) is 24.0 Å². The van der Waals surface area contributed by atoms with Crippen molar-refractivity contribution in [2.45, 2.75) is 27.7 Å². The molecule has 0 fully saturated rings. The first kappa shape index (κ1) is 24.6. The van der Waals surface area contributed by atoms with Gasteiger partial charge in [0.2, 0.25) is 23.6 Å². The predicted molar refractivity (Wildman–Crippen MR) is 101 cm³/mol. The van der Waals surface area contributed by atoms with Crippen LogP contribution in [0.4, 0.5) is 0 Å². The molecule has 9 heteroatoms. The molecule has 4 amide bonds. The van der Waals surface area contributed by atoms with Gasteiger partial charge in [-0.2, -0.15) is 0 Å². The first-order chi connectivity index (χ1) is 12.4. The van der Waals surface area contributed by atoms with Crippen LogP contribution in [0.2, 0.25) is 0 Å². The van der Waals surface area contributed by atoms with E-state index in [0.29, 0.717) is 0 Å². The minimum Gasteiger partial charge on any atom is -0.347 e. The standard InChI is InChI=1S/C18H32N4O5/c1-12(2)14(23)9-20(5)16(25)11-22(7)17(26)10-21(6)15(24)8-19-18(27)13(3)4/h12-13H,8-11H2,1-7H3,(H,19,27). The maximum absolute atomic E-state index is 12.2. The number of rotatable bonds is 10. The van der Waals surface area contributed by atoms with E-state index in [-0.39, 0.29) is 55.6 Å². The Morgan fingerprint density at radius 1 is 0.667 bits per heavy atom. The summed E-state index contributed by atoms with van der Waals surface area (Å²) in [4.78, 5) is 63.2. The fraction of sp³-hybridized carbons (Fsp3) is 0.722. The van der Waals surface area contributed by atoms with Crippen molar-refractivity contribution < 1.29 is 24.0 Å². The SMILES string of the molecule is CC(C)C(=O)CN(C)C(=O)CN(C)C(=O)CN(C)C(=O)CNC(=O)C(C)C. The normalized spacial score (nSPS) is 10.6. The third-order valence-electron chi connectivity index (χ3n) is 4.00. The average Bonchev–Trinajstić information content (AvgIpc) is 2.58. The average molecular weight is 384 g/mol. The summed E-state index contributed by atoms with van der Waals surface area (Å²) in [5.74, 6) is -1.90. The van der Waals surface area contributed by atoms with E-state index in [1.54, 1.807) is 27.7 Å². The largest absolute Gasteiger partial charge is 0.347 e. The van der Waals surface area contributed by atoms with Crippen molar-refractivity contribution in [1.29, 1.82) is 0 Å². The number of hydrogen-bond donors (Lipinski definition) is 1. The van der Waals surface area contributed by atoms with Crippen molar-refractivity contribution in [3.05, 3.63) is 0 Å². The smallest absolute Gasteiger partial charge is 0.242 e. The first-order valence-corrected chi connectivity index (χ1v) is 8.89. The zero-order valence-electron chi connectivity index (χ0n) is 17.4. The lowest BCUT2D eigenvalue weighted by atomic mass is 10.1. The Bertz CT molecular complexity index is 574. The molecule has 0 aliphatic heterocycles. The predicted octanol–water partition coefficient (Wildman–Crippen LogP) is -0.641. The number of nitrogens with zero attached hydrogens (tertiary/aromatic N) is 3.